The molecule has 1 aromatic rings. The van der Waals surface area contributed by atoms with Gasteiger partial charge in [-0.3, -0.25) is 0 Å². The Hall–Kier alpha value is -1.14. The number of nitrogen functional groups attached to an aromatic ring is 1. The summed E-state index contributed by atoms with van der Waals surface area (Å²) < 4.78 is 39.3. The second-order valence-corrected chi connectivity index (χ2v) is 5.30. The third-order valence-corrected chi connectivity index (χ3v) is 3.84. The number of hydrogen-bond acceptors (Lipinski definition) is 3. The highest BCUT2D eigenvalue weighted by Crippen LogP contribution is 2.17. The molecule has 1 aromatic carbocycles. The maximum absolute atomic E-state index is 13.4. The summed E-state index contributed by atoms with van der Waals surface area (Å²) in [6.07, 6.45) is 0.635. The van der Waals surface area contributed by atoms with E-state index in [4.69, 9.17) is 5.73 Å². The molecule has 6 heteroatoms. The molecule has 3 N–H and O–H groups in total. The summed E-state index contributed by atoms with van der Waals surface area (Å²) in [4.78, 5) is -0.373. The summed E-state index contributed by atoms with van der Waals surface area (Å²) in [7, 11) is -3.80. The molecule has 0 aliphatic rings. The van der Waals surface area contributed by atoms with Crippen LogP contribution in [0.4, 0.5) is 10.1 Å². The lowest BCUT2D eigenvalue weighted by atomic mass is 10.3. The summed E-state index contributed by atoms with van der Waals surface area (Å²) in [6.45, 7) is 3.55. The zero-order chi connectivity index (χ0) is 12.3. The van der Waals surface area contributed by atoms with E-state index in [0.29, 0.717) is 6.42 Å². The van der Waals surface area contributed by atoms with E-state index in [1.807, 2.05) is 6.92 Å². The highest BCUT2D eigenvalue weighted by molar-refractivity contribution is 7.89. The Kier molecular flexibility index (Phi) is 3.88. The van der Waals surface area contributed by atoms with Crippen LogP contribution in [0.25, 0.3) is 0 Å². The van der Waals surface area contributed by atoms with Gasteiger partial charge in [-0.05, 0) is 31.5 Å². The fourth-order valence-corrected chi connectivity index (χ4v) is 2.53. The first-order chi connectivity index (χ1) is 7.36. The van der Waals surface area contributed by atoms with Crippen LogP contribution in [0.3, 0.4) is 0 Å². The minimum Gasteiger partial charge on any atom is -0.399 e. The lowest BCUT2D eigenvalue weighted by molar-refractivity contribution is 0.539. The first-order valence-corrected chi connectivity index (χ1v) is 6.42. The molecular formula is C10H15FN2O2S. The van der Waals surface area contributed by atoms with Gasteiger partial charge in [0.1, 0.15) is 10.7 Å². The van der Waals surface area contributed by atoms with E-state index in [1.54, 1.807) is 6.92 Å². The van der Waals surface area contributed by atoms with Crippen molar-refractivity contribution >= 4 is 15.7 Å². The molecule has 0 radical (unpaired) electrons. The summed E-state index contributed by atoms with van der Waals surface area (Å²) in [5, 5.41) is 0. The first kappa shape index (κ1) is 12.9. The number of rotatable bonds is 4. The second-order valence-electron chi connectivity index (χ2n) is 3.62. The van der Waals surface area contributed by atoms with Gasteiger partial charge in [0, 0.05) is 11.7 Å². The van der Waals surface area contributed by atoms with E-state index in [-0.39, 0.29) is 16.6 Å². The van der Waals surface area contributed by atoms with Gasteiger partial charge in [-0.15, -0.1) is 0 Å². The molecule has 0 aliphatic heterocycles. The van der Waals surface area contributed by atoms with Gasteiger partial charge >= 0.3 is 0 Å². The van der Waals surface area contributed by atoms with Crippen molar-refractivity contribution in [2.75, 3.05) is 5.73 Å². The number of hydrogen-bond donors (Lipinski definition) is 2. The summed E-state index contributed by atoms with van der Waals surface area (Å²) in [5.74, 6) is -0.837. The van der Waals surface area contributed by atoms with Crippen molar-refractivity contribution < 1.29 is 12.8 Å². The third kappa shape index (κ3) is 2.93. The van der Waals surface area contributed by atoms with E-state index in [0.717, 1.165) is 12.1 Å². The maximum atomic E-state index is 13.4. The van der Waals surface area contributed by atoms with Crippen molar-refractivity contribution in [2.45, 2.75) is 31.2 Å². The summed E-state index contributed by atoms with van der Waals surface area (Å²) >= 11 is 0. The monoisotopic (exact) mass is 246 g/mol. The van der Waals surface area contributed by atoms with E-state index >= 15 is 0 Å². The highest BCUT2D eigenvalue weighted by atomic mass is 32.2. The highest BCUT2D eigenvalue weighted by Gasteiger charge is 2.20. The molecule has 0 heterocycles. The molecule has 0 aliphatic carbocycles. The Bertz CT molecular complexity index is 474. The van der Waals surface area contributed by atoms with Crippen LogP contribution in [-0.2, 0) is 10.0 Å². The summed E-state index contributed by atoms with van der Waals surface area (Å²) in [6, 6.07) is 3.27. The lowest BCUT2D eigenvalue weighted by Gasteiger charge is -2.12. The maximum Gasteiger partial charge on any atom is 0.243 e. The van der Waals surface area contributed by atoms with Crippen molar-refractivity contribution in [3.05, 3.63) is 24.0 Å². The standard InChI is InChI=1S/C10H15FN2O2S/c1-3-7(2)13-16(14,15)10-5-4-8(12)6-9(10)11/h4-7,13H,3,12H2,1-2H3. The van der Waals surface area contributed by atoms with Crippen LogP contribution in [0.1, 0.15) is 20.3 Å². The Morgan fingerprint density at radius 1 is 1.50 bits per heavy atom. The van der Waals surface area contributed by atoms with Crippen molar-refractivity contribution in [1.82, 2.24) is 4.72 Å². The largest absolute Gasteiger partial charge is 0.399 e. The molecule has 0 saturated heterocycles. The predicted molar refractivity (Wildman–Crippen MR) is 60.9 cm³/mol. The van der Waals surface area contributed by atoms with Gasteiger partial charge in [-0.1, -0.05) is 6.92 Å². The molecule has 1 rings (SSSR count). The van der Waals surface area contributed by atoms with Gasteiger partial charge in [0.15, 0.2) is 0 Å². The van der Waals surface area contributed by atoms with Crippen LogP contribution < -0.4 is 10.5 Å². The second kappa shape index (κ2) is 4.80. The topological polar surface area (TPSA) is 72.2 Å². The Morgan fingerprint density at radius 2 is 2.12 bits per heavy atom. The lowest BCUT2D eigenvalue weighted by Crippen LogP contribution is -2.32. The van der Waals surface area contributed by atoms with Crippen molar-refractivity contribution in [3.8, 4) is 0 Å². The smallest absolute Gasteiger partial charge is 0.243 e. The first-order valence-electron chi connectivity index (χ1n) is 4.94. The molecule has 0 bridgehead atoms. The fourth-order valence-electron chi connectivity index (χ4n) is 1.15. The van der Waals surface area contributed by atoms with E-state index < -0.39 is 15.8 Å². The molecule has 16 heavy (non-hydrogen) atoms. The molecule has 4 nitrogen and oxygen atoms in total. The van der Waals surface area contributed by atoms with Crippen LogP contribution in [0.2, 0.25) is 0 Å². The van der Waals surface area contributed by atoms with E-state index in [1.165, 1.54) is 6.07 Å². The van der Waals surface area contributed by atoms with Gasteiger partial charge in [0.25, 0.3) is 0 Å². The quantitative estimate of drug-likeness (QED) is 0.790. The molecular weight excluding hydrogens is 231 g/mol. The Balaban J connectivity index is 3.08. The van der Waals surface area contributed by atoms with Crippen molar-refractivity contribution in [2.24, 2.45) is 0 Å². The zero-order valence-electron chi connectivity index (χ0n) is 9.20. The average Bonchev–Trinajstić information content (AvgIpc) is 2.16. The predicted octanol–water partition coefficient (Wildman–Crippen LogP) is 1.48. The Morgan fingerprint density at radius 3 is 2.62 bits per heavy atom. The van der Waals surface area contributed by atoms with Crippen LogP contribution in [0, 0.1) is 5.82 Å². The van der Waals surface area contributed by atoms with Crippen LogP contribution in [-0.4, -0.2) is 14.5 Å². The molecule has 0 saturated carbocycles. The van der Waals surface area contributed by atoms with E-state index in [2.05, 4.69) is 4.72 Å². The minimum atomic E-state index is -3.80. The number of sulfonamides is 1. The fraction of sp³-hybridized carbons (Fsp3) is 0.400. The van der Waals surface area contributed by atoms with Crippen LogP contribution in [0.15, 0.2) is 23.1 Å². The van der Waals surface area contributed by atoms with Crippen LogP contribution in [0.5, 0.6) is 0 Å². The molecule has 1 atom stereocenters. The number of nitrogens with one attached hydrogen (secondary N) is 1. The molecule has 0 spiro atoms. The molecule has 0 fully saturated rings. The SMILES string of the molecule is CCC(C)NS(=O)(=O)c1ccc(N)cc1F. The van der Waals surface area contributed by atoms with Crippen molar-refractivity contribution in [3.63, 3.8) is 0 Å². The van der Waals surface area contributed by atoms with Gasteiger partial charge in [0.05, 0.1) is 0 Å². The number of halogens is 1. The van der Waals surface area contributed by atoms with Gasteiger partial charge in [-0.2, -0.15) is 0 Å². The molecule has 0 aromatic heterocycles. The van der Waals surface area contributed by atoms with Gasteiger partial charge in [0.2, 0.25) is 10.0 Å². The minimum absolute atomic E-state index is 0.194. The Labute approximate surface area is 94.7 Å². The summed E-state index contributed by atoms with van der Waals surface area (Å²) in [5.41, 5.74) is 5.54. The van der Waals surface area contributed by atoms with Crippen LogP contribution >= 0.6 is 0 Å². The van der Waals surface area contributed by atoms with Gasteiger partial charge in [-0.25, -0.2) is 17.5 Å². The normalized spacial score (nSPS) is 13.7. The average molecular weight is 246 g/mol. The molecule has 90 valence electrons. The number of benzene rings is 1. The zero-order valence-corrected chi connectivity index (χ0v) is 10.0. The van der Waals surface area contributed by atoms with Crippen molar-refractivity contribution in [1.29, 1.82) is 0 Å². The molecule has 1 unspecified atom stereocenters. The van der Waals surface area contributed by atoms with E-state index in [9.17, 15) is 12.8 Å². The molecule has 0 amide bonds. The van der Waals surface area contributed by atoms with Gasteiger partial charge < -0.3 is 5.73 Å². The number of anilines is 1. The number of nitrogens with two attached hydrogens (primary N) is 1. The third-order valence-electron chi connectivity index (χ3n) is 2.21.